The quantitative estimate of drug-likeness (QED) is 0.792. The van der Waals surface area contributed by atoms with E-state index in [1.807, 2.05) is 20.8 Å². The second-order valence-electron chi connectivity index (χ2n) is 7.72. The number of hydrogen-bond donors (Lipinski definition) is 1. The van der Waals surface area contributed by atoms with Crippen LogP contribution in [-0.4, -0.2) is 23.3 Å². The minimum Gasteiger partial charge on any atom is -0.391 e. The maximum Gasteiger partial charge on any atom is 0.331 e. The van der Waals surface area contributed by atoms with Gasteiger partial charge in [0.15, 0.2) is 0 Å². The van der Waals surface area contributed by atoms with Gasteiger partial charge in [0.1, 0.15) is 6.10 Å². The minimum atomic E-state index is -0.257. The summed E-state index contributed by atoms with van der Waals surface area (Å²) in [5.74, 6) is 0.664. The van der Waals surface area contributed by atoms with Crippen LogP contribution in [0.15, 0.2) is 5.16 Å². The van der Waals surface area contributed by atoms with Crippen LogP contribution in [0, 0.1) is 23.7 Å². The fraction of sp³-hybridized carbons (Fsp3) is 0.882. The van der Waals surface area contributed by atoms with Gasteiger partial charge in [-0.2, -0.15) is 0 Å². The second kappa shape index (κ2) is 6.57. The largest absolute Gasteiger partial charge is 0.391 e. The zero-order valence-electron chi connectivity index (χ0n) is 14.7. The molecule has 0 radical (unpaired) electrons. The fourth-order valence-electron chi connectivity index (χ4n) is 3.60. The van der Waals surface area contributed by atoms with Gasteiger partial charge in [0, 0.05) is 17.4 Å². The van der Waals surface area contributed by atoms with Gasteiger partial charge in [-0.15, -0.1) is 5.48 Å². The zero-order valence-corrected chi connectivity index (χ0v) is 14.7. The molecule has 1 N–H and O–H groups in total. The predicted molar refractivity (Wildman–Crippen MR) is 86.1 cm³/mol. The SMILES string of the molecule is CCC(CC)C1=NO[C@H]2[C@@H]1[C@H](C)C[C@@H]2C(=O)ONC(C)(C)C. The first-order valence-corrected chi connectivity index (χ1v) is 8.49. The number of carbonyl (C=O) groups is 1. The Bertz CT molecular complexity index is 438. The molecular formula is C17H30N2O3. The molecule has 2 aliphatic rings. The van der Waals surface area contributed by atoms with Gasteiger partial charge >= 0.3 is 5.97 Å². The summed E-state index contributed by atoms with van der Waals surface area (Å²) in [6.45, 7) is 12.4. The first kappa shape index (κ1) is 17.3. The van der Waals surface area contributed by atoms with Crippen LogP contribution in [0.3, 0.4) is 0 Å². The van der Waals surface area contributed by atoms with Crippen molar-refractivity contribution in [3.05, 3.63) is 0 Å². The second-order valence-corrected chi connectivity index (χ2v) is 7.72. The van der Waals surface area contributed by atoms with Gasteiger partial charge in [0.2, 0.25) is 0 Å². The molecule has 0 saturated heterocycles. The van der Waals surface area contributed by atoms with Gasteiger partial charge in [0.25, 0.3) is 0 Å². The van der Waals surface area contributed by atoms with Crippen LogP contribution in [0.25, 0.3) is 0 Å². The summed E-state index contributed by atoms with van der Waals surface area (Å²) in [6.07, 6.45) is 2.78. The van der Waals surface area contributed by atoms with Crippen LogP contribution >= 0.6 is 0 Å². The van der Waals surface area contributed by atoms with Gasteiger partial charge in [-0.3, -0.25) is 0 Å². The molecule has 126 valence electrons. The molecule has 5 nitrogen and oxygen atoms in total. The summed E-state index contributed by atoms with van der Waals surface area (Å²) < 4.78 is 0. The van der Waals surface area contributed by atoms with E-state index in [1.54, 1.807) is 0 Å². The molecular weight excluding hydrogens is 280 g/mol. The molecule has 1 aliphatic carbocycles. The third kappa shape index (κ3) is 3.45. The topological polar surface area (TPSA) is 59.9 Å². The average Bonchev–Trinajstić information content (AvgIpc) is 2.99. The lowest BCUT2D eigenvalue weighted by Gasteiger charge is -2.22. The summed E-state index contributed by atoms with van der Waals surface area (Å²) in [4.78, 5) is 23.3. The smallest absolute Gasteiger partial charge is 0.331 e. The summed E-state index contributed by atoms with van der Waals surface area (Å²) in [5.41, 5.74) is 3.70. The number of fused-ring (bicyclic) bond motifs is 1. The molecule has 5 heteroatoms. The molecule has 0 aromatic rings. The fourth-order valence-corrected chi connectivity index (χ4v) is 3.60. The highest BCUT2D eigenvalue weighted by Gasteiger charge is 2.53. The third-order valence-electron chi connectivity index (χ3n) is 4.78. The summed E-state index contributed by atoms with van der Waals surface area (Å²) >= 11 is 0. The lowest BCUT2D eigenvalue weighted by molar-refractivity contribution is -0.164. The Hall–Kier alpha value is -1.10. The molecule has 0 unspecified atom stereocenters. The molecule has 0 aromatic heterocycles. The Kier molecular flexibility index (Phi) is 5.15. The predicted octanol–water partition coefficient (Wildman–Crippen LogP) is 3.30. The molecule has 1 aliphatic heterocycles. The Morgan fingerprint density at radius 1 is 1.41 bits per heavy atom. The van der Waals surface area contributed by atoms with E-state index in [1.165, 1.54) is 0 Å². The van der Waals surface area contributed by atoms with Crippen LogP contribution in [0.4, 0.5) is 0 Å². The molecule has 0 aromatic carbocycles. The van der Waals surface area contributed by atoms with Crippen molar-refractivity contribution in [3.8, 4) is 0 Å². The molecule has 0 spiro atoms. The van der Waals surface area contributed by atoms with Crippen molar-refractivity contribution < 1.29 is 14.5 Å². The van der Waals surface area contributed by atoms with Crippen LogP contribution in [0.2, 0.25) is 0 Å². The highest BCUT2D eigenvalue weighted by molar-refractivity contribution is 5.92. The van der Waals surface area contributed by atoms with Crippen molar-refractivity contribution in [1.29, 1.82) is 0 Å². The van der Waals surface area contributed by atoms with Crippen LogP contribution in [-0.2, 0) is 14.5 Å². The van der Waals surface area contributed by atoms with E-state index in [0.717, 1.165) is 25.0 Å². The maximum atomic E-state index is 12.4. The molecule has 1 heterocycles. The van der Waals surface area contributed by atoms with Gasteiger partial charge in [-0.1, -0.05) is 25.9 Å². The van der Waals surface area contributed by atoms with E-state index in [2.05, 4.69) is 31.4 Å². The number of hydrogen-bond acceptors (Lipinski definition) is 5. The van der Waals surface area contributed by atoms with Crippen molar-refractivity contribution in [3.63, 3.8) is 0 Å². The minimum absolute atomic E-state index is 0.153. The molecule has 1 fully saturated rings. The molecule has 4 atom stereocenters. The summed E-state index contributed by atoms with van der Waals surface area (Å²) in [7, 11) is 0. The summed E-state index contributed by atoms with van der Waals surface area (Å²) in [6, 6.07) is 0. The Morgan fingerprint density at radius 3 is 2.59 bits per heavy atom. The number of rotatable bonds is 5. The number of nitrogens with zero attached hydrogens (tertiary/aromatic N) is 1. The van der Waals surface area contributed by atoms with E-state index in [0.29, 0.717) is 11.8 Å². The molecule has 22 heavy (non-hydrogen) atoms. The van der Waals surface area contributed by atoms with E-state index >= 15 is 0 Å². The lowest BCUT2D eigenvalue weighted by Crippen LogP contribution is -2.41. The van der Waals surface area contributed by atoms with Crippen molar-refractivity contribution in [1.82, 2.24) is 5.48 Å². The van der Waals surface area contributed by atoms with Gasteiger partial charge in [0.05, 0.1) is 11.6 Å². The Labute approximate surface area is 133 Å². The molecule has 0 amide bonds. The van der Waals surface area contributed by atoms with E-state index in [-0.39, 0.29) is 29.4 Å². The van der Waals surface area contributed by atoms with Crippen molar-refractivity contribution in [2.75, 3.05) is 0 Å². The number of nitrogens with one attached hydrogen (secondary N) is 1. The Balaban J connectivity index is 2.04. The first-order chi connectivity index (χ1) is 10.3. The Morgan fingerprint density at radius 2 is 2.05 bits per heavy atom. The van der Waals surface area contributed by atoms with Gasteiger partial charge in [-0.05, 0) is 46.0 Å². The highest BCUT2D eigenvalue weighted by atomic mass is 16.7. The molecule has 1 saturated carbocycles. The van der Waals surface area contributed by atoms with E-state index in [4.69, 9.17) is 9.68 Å². The van der Waals surface area contributed by atoms with Crippen LogP contribution in [0.1, 0.15) is 60.8 Å². The average molecular weight is 310 g/mol. The van der Waals surface area contributed by atoms with Crippen molar-refractivity contribution in [2.45, 2.75) is 72.4 Å². The highest BCUT2D eigenvalue weighted by Crippen LogP contribution is 2.45. The maximum absolute atomic E-state index is 12.4. The third-order valence-corrected chi connectivity index (χ3v) is 4.78. The van der Waals surface area contributed by atoms with Crippen LogP contribution < -0.4 is 5.48 Å². The van der Waals surface area contributed by atoms with E-state index in [9.17, 15) is 4.79 Å². The lowest BCUT2D eigenvalue weighted by atomic mass is 9.82. The zero-order chi connectivity index (χ0) is 16.5. The van der Waals surface area contributed by atoms with Gasteiger partial charge < -0.3 is 9.68 Å². The molecule has 0 bridgehead atoms. The van der Waals surface area contributed by atoms with Crippen LogP contribution in [0.5, 0.6) is 0 Å². The van der Waals surface area contributed by atoms with Gasteiger partial charge in [-0.25, -0.2) is 4.79 Å². The van der Waals surface area contributed by atoms with Crippen molar-refractivity contribution >= 4 is 11.7 Å². The normalized spacial score (nSPS) is 31.0. The monoisotopic (exact) mass is 310 g/mol. The first-order valence-electron chi connectivity index (χ1n) is 8.49. The number of hydroxylamine groups is 1. The molecule has 2 rings (SSSR count). The number of carbonyl (C=O) groups excluding carboxylic acids is 1. The van der Waals surface area contributed by atoms with Crippen molar-refractivity contribution in [2.24, 2.45) is 28.8 Å². The summed E-state index contributed by atoms with van der Waals surface area (Å²) in [5, 5.41) is 4.34. The van der Waals surface area contributed by atoms with E-state index < -0.39 is 0 Å². The standard InChI is InChI=1S/C17H30N2O3/c1-7-11(8-2)14-13-10(3)9-12(15(13)21-18-14)16(20)22-19-17(4,5)6/h10-13,15,19H,7-9H2,1-6H3/t10-,12+,13-,15-/m1/s1. The number of oxime groups is 1.